The lowest BCUT2D eigenvalue weighted by Crippen LogP contribution is -2.48. The van der Waals surface area contributed by atoms with Gasteiger partial charge >= 0.3 is 0 Å². The highest BCUT2D eigenvalue weighted by Crippen LogP contribution is 2.23. The fraction of sp³-hybridized carbons (Fsp3) is 0.579. The maximum Gasteiger partial charge on any atom is 0.239 e. The molecule has 2 aliphatic heterocycles. The van der Waals surface area contributed by atoms with E-state index in [1.165, 1.54) is 0 Å². The van der Waals surface area contributed by atoms with Gasteiger partial charge in [-0.3, -0.25) is 9.69 Å². The third kappa shape index (κ3) is 5.06. The van der Waals surface area contributed by atoms with Crippen LogP contribution in [0.1, 0.15) is 19.2 Å². The average molecular weight is 422 g/mol. The normalized spacial score (nSPS) is 24.6. The molecule has 3 heterocycles. The van der Waals surface area contributed by atoms with Crippen LogP contribution in [0.15, 0.2) is 18.2 Å². The number of fused-ring (bicyclic) bond motifs is 1. The summed E-state index contributed by atoms with van der Waals surface area (Å²) in [5.41, 5.74) is 1.91. The van der Waals surface area contributed by atoms with E-state index in [0.717, 1.165) is 55.4 Å². The van der Waals surface area contributed by atoms with Gasteiger partial charge in [0, 0.05) is 18.8 Å². The van der Waals surface area contributed by atoms with Crippen LogP contribution >= 0.6 is 0 Å². The molecular weight excluding hydrogens is 394 g/mol. The van der Waals surface area contributed by atoms with Crippen LogP contribution in [0.5, 0.6) is 0 Å². The molecule has 1 aromatic carbocycles. The van der Waals surface area contributed by atoms with Gasteiger partial charge in [0.1, 0.15) is 5.82 Å². The zero-order chi connectivity index (χ0) is 20.5. The molecule has 158 valence electrons. The van der Waals surface area contributed by atoms with E-state index in [9.17, 15) is 13.2 Å². The third-order valence-corrected chi connectivity index (χ3v) is 7.31. The lowest BCUT2D eigenvalue weighted by Gasteiger charge is -2.25. The second-order valence-corrected chi connectivity index (χ2v) is 10.3. The van der Waals surface area contributed by atoms with Gasteiger partial charge in [0.25, 0.3) is 0 Å². The van der Waals surface area contributed by atoms with E-state index in [4.69, 9.17) is 4.74 Å². The SMILES string of the molecule is CC1(NC(=O)CNc2ccc3nc(CN4CCOCC4)[nH]c3c2)CCS(=O)(=O)C1. The summed E-state index contributed by atoms with van der Waals surface area (Å²) < 4.78 is 28.7. The molecule has 1 unspecified atom stereocenters. The third-order valence-electron chi connectivity index (χ3n) is 5.41. The quantitative estimate of drug-likeness (QED) is 0.622. The summed E-state index contributed by atoms with van der Waals surface area (Å²) in [5, 5.41) is 5.95. The van der Waals surface area contributed by atoms with Crippen LogP contribution in [-0.2, 0) is 25.9 Å². The number of nitrogens with zero attached hydrogens (tertiary/aromatic N) is 2. The van der Waals surface area contributed by atoms with Gasteiger partial charge < -0.3 is 20.4 Å². The number of carbonyl (C=O) groups excluding carboxylic acids is 1. The van der Waals surface area contributed by atoms with Gasteiger partial charge in [0.2, 0.25) is 5.91 Å². The fourth-order valence-corrected chi connectivity index (χ4v) is 5.98. The van der Waals surface area contributed by atoms with E-state index >= 15 is 0 Å². The highest BCUT2D eigenvalue weighted by atomic mass is 32.2. The van der Waals surface area contributed by atoms with Crippen LogP contribution in [-0.4, -0.2) is 79.1 Å². The minimum Gasteiger partial charge on any atom is -0.379 e. The molecule has 2 saturated heterocycles. The Morgan fingerprint density at radius 3 is 2.86 bits per heavy atom. The standard InChI is InChI=1S/C19H27N5O4S/c1-19(4-9-29(26,27)13-19)23-18(25)11-20-14-2-3-15-16(10-14)22-17(21-15)12-24-5-7-28-8-6-24/h2-3,10,20H,4-9,11-13H2,1H3,(H,21,22)(H,23,25). The minimum atomic E-state index is -3.06. The van der Waals surface area contributed by atoms with Gasteiger partial charge in [-0.05, 0) is 31.5 Å². The first-order chi connectivity index (χ1) is 13.8. The molecule has 0 spiro atoms. The summed E-state index contributed by atoms with van der Waals surface area (Å²) >= 11 is 0. The highest BCUT2D eigenvalue weighted by Gasteiger charge is 2.39. The smallest absolute Gasteiger partial charge is 0.239 e. The van der Waals surface area contributed by atoms with Gasteiger partial charge in [-0.1, -0.05) is 0 Å². The minimum absolute atomic E-state index is 0.00222. The van der Waals surface area contributed by atoms with Crippen molar-refractivity contribution in [2.45, 2.75) is 25.4 Å². The molecule has 9 nitrogen and oxygen atoms in total. The summed E-state index contributed by atoms with van der Waals surface area (Å²) in [4.78, 5) is 22.5. The topological polar surface area (TPSA) is 116 Å². The predicted molar refractivity (Wildman–Crippen MR) is 110 cm³/mol. The van der Waals surface area contributed by atoms with E-state index in [1.54, 1.807) is 6.92 Å². The number of sulfone groups is 1. The maximum atomic E-state index is 12.3. The molecule has 1 aromatic heterocycles. The number of hydrogen-bond donors (Lipinski definition) is 3. The molecule has 2 aromatic rings. The van der Waals surface area contributed by atoms with Gasteiger partial charge in [-0.25, -0.2) is 13.4 Å². The summed E-state index contributed by atoms with van der Waals surface area (Å²) in [5.74, 6) is 0.813. The molecule has 3 N–H and O–H groups in total. The van der Waals surface area contributed by atoms with E-state index < -0.39 is 15.4 Å². The van der Waals surface area contributed by atoms with Crippen molar-refractivity contribution in [2.75, 3.05) is 49.7 Å². The highest BCUT2D eigenvalue weighted by molar-refractivity contribution is 7.91. The second-order valence-electron chi connectivity index (χ2n) is 8.11. The maximum absolute atomic E-state index is 12.3. The number of amides is 1. The first-order valence-corrected chi connectivity index (χ1v) is 11.7. The molecule has 0 radical (unpaired) electrons. The Morgan fingerprint density at radius 2 is 2.14 bits per heavy atom. The Kier molecular flexibility index (Phi) is 5.50. The first kappa shape index (κ1) is 20.1. The predicted octanol–water partition coefficient (Wildman–Crippen LogP) is 0.500. The lowest BCUT2D eigenvalue weighted by atomic mass is 10.0. The molecule has 2 fully saturated rings. The number of aromatic nitrogens is 2. The van der Waals surface area contributed by atoms with E-state index in [-0.39, 0.29) is 24.0 Å². The number of ether oxygens (including phenoxy) is 1. The van der Waals surface area contributed by atoms with Gasteiger partial charge in [-0.2, -0.15) is 0 Å². The number of H-pyrrole nitrogens is 1. The Labute approximate surface area is 170 Å². The van der Waals surface area contributed by atoms with E-state index in [2.05, 4.69) is 25.5 Å². The molecule has 0 bridgehead atoms. The summed E-state index contributed by atoms with van der Waals surface area (Å²) in [7, 11) is -3.06. The summed E-state index contributed by atoms with van der Waals surface area (Å²) in [6, 6.07) is 5.73. The molecular formula is C19H27N5O4S. The second kappa shape index (κ2) is 7.92. The van der Waals surface area contributed by atoms with Crippen LogP contribution in [0, 0.1) is 0 Å². The number of nitrogens with one attached hydrogen (secondary N) is 3. The number of morpholine rings is 1. The van der Waals surface area contributed by atoms with Crippen molar-refractivity contribution in [3.8, 4) is 0 Å². The zero-order valence-electron chi connectivity index (χ0n) is 16.5. The van der Waals surface area contributed by atoms with Crippen LogP contribution in [0.25, 0.3) is 11.0 Å². The molecule has 10 heteroatoms. The molecule has 1 atom stereocenters. The molecule has 0 saturated carbocycles. The molecule has 1 amide bonds. The number of aromatic amines is 1. The number of carbonyl (C=O) groups is 1. The van der Waals surface area contributed by atoms with E-state index in [0.29, 0.717) is 6.42 Å². The van der Waals surface area contributed by atoms with Gasteiger partial charge in [0.15, 0.2) is 9.84 Å². The summed E-state index contributed by atoms with van der Waals surface area (Å²) in [6.07, 6.45) is 0.451. The Morgan fingerprint density at radius 1 is 1.34 bits per heavy atom. The largest absolute Gasteiger partial charge is 0.379 e. The fourth-order valence-electron chi connectivity index (χ4n) is 3.89. The molecule has 29 heavy (non-hydrogen) atoms. The average Bonchev–Trinajstić information content (AvgIpc) is 3.19. The zero-order valence-corrected chi connectivity index (χ0v) is 17.3. The number of benzene rings is 1. The molecule has 4 rings (SSSR count). The van der Waals surface area contributed by atoms with Crippen LogP contribution in [0.3, 0.4) is 0 Å². The van der Waals surface area contributed by atoms with Gasteiger partial charge in [-0.15, -0.1) is 0 Å². The first-order valence-electron chi connectivity index (χ1n) is 9.84. The Balaban J connectivity index is 1.34. The molecule has 0 aliphatic carbocycles. The lowest BCUT2D eigenvalue weighted by molar-refractivity contribution is -0.120. The van der Waals surface area contributed by atoms with Crippen molar-refractivity contribution in [1.29, 1.82) is 0 Å². The van der Waals surface area contributed by atoms with Gasteiger partial charge in [0.05, 0.1) is 54.4 Å². The number of anilines is 1. The van der Waals surface area contributed by atoms with Crippen LogP contribution < -0.4 is 10.6 Å². The van der Waals surface area contributed by atoms with Crippen molar-refractivity contribution in [2.24, 2.45) is 0 Å². The van der Waals surface area contributed by atoms with Crippen molar-refractivity contribution >= 4 is 32.5 Å². The molecule has 2 aliphatic rings. The monoisotopic (exact) mass is 421 g/mol. The van der Waals surface area contributed by atoms with Crippen LogP contribution in [0.2, 0.25) is 0 Å². The number of rotatable bonds is 6. The van der Waals surface area contributed by atoms with E-state index in [1.807, 2.05) is 18.2 Å². The number of hydrogen-bond acceptors (Lipinski definition) is 7. The summed E-state index contributed by atoms with van der Waals surface area (Å²) in [6.45, 7) is 5.92. The van der Waals surface area contributed by atoms with Crippen molar-refractivity contribution in [3.05, 3.63) is 24.0 Å². The van der Waals surface area contributed by atoms with Crippen molar-refractivity contribution in [1.82, 2.24) is 20.2 Å². The van der Waals surface area contributed by atoms with Crippen molar-refractivity contribution < 1.29 is 17.9 Å². The Hall–Kier alpha value is -2.17. The Bertz CT molecular complexity index is 999. The van der Waals surface area contributed by atoms with Crippen molar-refractivity contribution in [3.63, 3.8) is 0 Å². The number of imidazole rings is 1. The van der Waals surface area contributed by atoms with Crippen LogP contribution in [0.4, 0.5) is 5.69 Å².